The number of aryl methyl sites for hydroxylation is 2. The number of aromatic nitrogens is 2. The van der Waals surface area contributed by atoms with Gasteiger partial charge in [-0.3, -0.25) is 0 Å². The third-order valence-electron chi connectivity index (χ3n) is 8.62. The van der Waals surface area contributed by atoms with E-state index in [0.29, 0.717) is 0 Å². The molecule has 2 aliphatic heterocycles. The topological polar surface area (TPSA) is 44.2 Å². The van der Waals surface area contributed by atoms with Gasteiger partial charge in [0, 0.05) is 44.0 Å². The van der Waals surface area contributed by atoms with Gasteiger partial charge in [-0.1, -0.05) is 103 Å². The van der Waals surface area contributed by atoms with Crippen LogP contribution in [0.5, 0.6) is 23.0 Å². The summed E-state index contributed by atoms with van der Waals surface area (Å²) >= 11 is 0. The van der Waals surface area contributed by atoms with Crippen molar-refractivity contribution in [3.63, 3.8) is 0 Å². The van der Waals surface area contributed by atoms with Crippen molar-refractivity contribution in [1.82, 2.24) is 9.97 Å². The molecule has 2 aliphatic rings. The molecule has 0 atom stereocenters. The van der Waals surface area contributed by atoms with Crippen molar-refractivity contribution in [2.24, 2.45) is 0 Å². The first-order chi connectivity index (χ1) is 23.1. The fraction of sp³-hybridized carbons (Fsp3) is 0.0476. The number of pyridine rings is 2. The van der Waals surface area contributed by atoms with Crippen LogP contribution in [-0.4, -0.2) is 16.7 Å². The van der Waals surface area contributed by atoms with E-state index in [2.05, 4.69) is 103 Å². The predicted octanol–water partition coefficient (Wildman–Crippen LogP) is 8.11. The number of fused-ring (bicyclic) bond motifs is 4. The van der Waals surface area contributed by atoms with Gasteiger partial charge in [0.05, 0.1) is 0 Å². The van der Waals surface area contributed by atoms with Crippen LogP contribution in [0.4, 0.5) is 0 Å². The SMILES string of the molecule is Cc1c[c-]c(-c2cc(-c3ccccc3)c(C)cn2)cc1.[Ir].[c-]1cc2c3c(c1-c1ccccn1)Oc1ccccc1B3c1ccccc1O2. The second-order valence-electron chi connectivity index (χ2n) is 11.7. The molecule has 4 nitrogen and oxygen atoms in total. The Labute approximate surface area is 294 Å². The van der Waals surface area contributed by atoms with Crippen LogP contribution in [0.15, 0.2) is 140 Å². The second-order valence-corrected chi connectivity index (χ2v) is 11.7. The number of nitrogens with zero attached hydrogens (tertiary/aromatic N) is 2. The van der Waals surface area contributed by atoms with Crippen LogP contribution in [0.2, 0.25) is 0 Å². The van der Waals surface area contributed by atoms with E-state index in [1.54, 1.807) is 6.20 Å². The van der Waals surface area contributed by atoms with E-state index in [-0.39, 0.29) is 26.8 Å². The van der Waals surface area contributed by atoms with E-state index in [0.717, 1.165) is 61.9 Å². The van der Waals surface area contributed by atoms with E-state index < -0.39 is 0 Å². The summed E-state index contributed by atoms with van der Waals surface area (Å²) < 4.78 is 12.6. The Bertz CT molecular complexity index is 2210. The Morgan fingerprint density at radius 1 is 0.625 bits per heavy atom. The zero-order chi connectivity index (χ0) is 31.7. The average molecular weight is 797 g/mol. The van der Waals surface area contributed by atoms with Crippen LogP contribution in [-0.2, 0) is 20.1 Å². The summed E-state index contributed by atoms with van der Waals surface area (Å²) in [4.78, 5) is 9.04. The minimum atomic E-state index is 0. The van der Waals surface area contributed by atoms with Crippen LogP contribution >= 0.6 is 0 Å². The molecule has 0 N–H and O–H groups in total. The molecule has 0 bridgehead atoms. The maximum absolute atomic E-state index is 6.37. The van der Waals surface area contributed by atoms with Crippen LogP contribution in [0.1, 0.15) is 11.1 Å². The molecule has 48 heavy (non-hydrogen) atoms. The van der Waals surface area contributed by atoms with E-state index in [4.69, 9.17) is 9.47 Å². The van der Waals surface area contributed by atoms with Gasteiger partial charge in [-0.25, -0.2) is 0 Å². The van der Waals surface area contributed by atoms with Crippen molar-refractivity contribution < 1.29 is 29.6 Å². The molecule has 5 aromatic carbocycles. The minimum absolute atomic E-state index is 0. The number of ether oxygens (including phenoxy) is 2. The molecule has 0 spiro atoms. The fourth-order valence-electron chi connectivity index (χ4n) is 6.28. The van der Waals surface area contributed by atoms with Gasteiger partial charge < -0.3 is 19.4 Å². The summed E-state index contributed by atoms with van der Waals surface area (Å²) in [6.07, 6.45) is 3.72. The molecule has 0 unspecified atom stereocenters. The maximum Gasteiger partial charge on any atom is 0.239 e. The van der Waals surface area contributed by atoms with E-state index in [1.807, 2.05) is 66.9 Å². The van der Waals surface area contributed by atoms with Gasteiger partial charge in [0.2, 0.25) is 6.71 Å². The molecule has 9 rings (SSSR count). The smallest absolute Gasteiger partial charge is 0.239 e. The van der Waals surface area contributed by atoms with Crippen molar-refractivity contribution >= 4 is 23.1 Å². The molecular formula is C42H29BIrN2O2-2. The van der Waals surface area contributed by atoms with Crippen LogP contribution in [0.25, 0.3) is 33.6 Å². The molecule has 0 saturated heterocycles. The number of hydrogen-bond acceptors (Lipinski definition) is 4. The van der Waals surface area contributed by atoms with Gasteiger partial charge >= 0.3 is 0 Å². The van der Waals surface area contributed by atoms with Gasteiger partial charge in [0.25, 0.3) is 0 Å². The Balaban J connectivity index is 0.000000156. The molecule has 7 aromatic rings. The molecule has 4 heterocycles. The monoisotopic (exact) mass is 797 g/mol. The van der Waals surface area contributed by atoms with Crippen LogP contribution in [0.3, 0.4) is 0 Å². The molecular weight excluding hydrogens is 768 g/mol. The van der Waals surface area contributed by atoms with Gasteiger partial charge in [-0.2, -0.15) is 0 Å². The van der Waals surface area contributed by atoms with E-state index >= 15 is 0 Å². The van der Waals surface area contributed by atoms with Gasteiger partial charge in [-0.15, -0.1) is 47.5 Å². The Morgan fingerprint density at radius 2 is 1.33 bits per heavy atom. The largest absolute Gasteiger partial charge is 0.503 e. The van der Waals surface area contributed by atoms with E-state index in [1.165, 1.54) is 22.3 Å². The predicted molar refractivity (Wildman–Crippen MR) is 190 cm³/mol. The van der Waals surface area contributed by atoms with Crippen molar-refractivity contribution in [2.75, 3.05) is 0 Å². The molecule has 0 saturated carbocycles. The molecule has 1 radical (unpaired) electrons. The van der Waals surface area contributed by atoms with Crippen LogP contribution in [0, 0.1) is 26.0 Å². The zero-order valence-corrected chi connectivity index (χ0v) is 28.8. The van der Waals surface area contributed by atoms with Crippen molar-refractivity contribution in [2.45, 2.75) is 13.8 Å². The van der Waals surface area contributed by atoms with Crippen molar-refractivity contribution in [3.05, 3.63) is 163 Å². The van der Waals surface area contributed by atoms with Crippen LogP contribution < -0.4 is 25.9 Å². The average Bonchev–Trinajstić information content (AvgIpc) is 3.13. The second kappa shape index (κ2) is 13.4. The summed E-state index contributed by atoms with van der Waals surface area (Å²) in [7, 11) is 0. The standard InChI is InChI=1S/C23H13BNO2.C19H16N.Ir/c1-3-10-19-16(7-1)24-17-8-2-4-11-20(17)27-23-15(18-9-5-6-14-25-18)12-13-21(26-19)22(23)24;1-14-8-10-17(11-9-14)19-12-18(15(2)13-20-19)16-6-4-3-5-7-16;/h1-11,13-14H;3-10,12-13H,1-2H3;/q2*-1;. The first-order valence-corrected chi connectivity index (χ1v) is 15.7. The van der Waals surface area contributed by atoms with Gasteiger partial charge in [-0.05, 0) is 64.1 Å². The minimum Gasteiger partial charge on any atom is -0.503 e. The Hall–Kier alpha value is -5.29. The summed E-state index contributed by atoms with van der Waals surface area (Å²) in [5.41, 5.74) is 11.9. The van der Waals surface area contributed by atoms with Crippen molar-refractivity contribution in [3.8, 4) is 56.6 Å². The maximum atomic E-state index is 6.37. The number of hydrogen-bond donors (Lipinski definition) is 0. The first-order valence-electron chi connectivity index (χ1n) is 15.7. The third-order valence-corrected chi connectivity index (χ3v) is 8.62. The Kier molecular flexibility index (Phi) is 8.77. The summed E-state index contributed by atoms with van der Waals surface area (Å²) in [5, 5.41) is 0. The number of para-hydroxylation sites is 2. The van der Waals surface area contributed by atoms with Gasteiger partial charge in [0.15, 0.2) is 0 Å². The molecule has 233 valence electrons. The molecule has 2 aromatic heterocycles. The summed E-state index contributed by atoms with van der Waals surface area (Å²) in [6.45, 7) is 4.23. The third kappa shape index (κ3) is 5.86. The normalized spacial score (nSPS) is 11.7. The molecule has 6 heteroatoms. The number of rotatable bonds is 3. The molecule has 0 amide bonds. The number of benzene rings is 5. The summed E-state index contributed by atoms with van der Waals surface area (Å²) in [5.74, 6) is 3.33. The zero-order valence-electron chi connectivity index (χ0n) is 26.4. The van der Waals surface area contributed by atoms with E-state index in [9.17, 15) is 0 Å². The van der Waals surface area contributed by atoms with Gasteiger partial charge in [0.1, 0.15) is 11.5 Å². The first kappa shape index (κ1) is 31.3. The Morgan fingerprint density at radius 3 is 2.04 bits per heavy atom. The quantitative estimate of drug-likeness (QED) is 0.134. The van der Waals surface area contributed by atoms with Crippen molar-refractivity contribution in [1.29, 1.82) is 0 Å². The molecule has 0 fully saturated rings. The fourth-order valence-corrected chi connectivity index (χ4v) is 6.28. The summed E-state index contributed by atoms with van der Waals surface area (Å²) in [6, 6.07) is 49.5. The molecule has 0 aliphatic carbocycles.